The maximum absolute atomic E-state index is 12.0. The van der Waals surface area contributed by atoms with Gasteiger partial charge in [-0.25, -0.2) is 0 Å². The van der Waals surface area contributed by atoms with Gasteiger partial charge in [-0.15, -0.1) is 11.3 Å². The second kappa shape index (κ2) is 10.3. The van der Waals surface area contributed by atoms with Gasteiger partial charge in [0.1, 0.15) is 5.75 Å². The molecule has 0 spiro atoms. The van der Waals surface area contributed by atoms with Crippen LogP contribution < -0.4 is 15.4 Å². The van der Waals surface area contributed by atoms with Crippen molar-refractivity contribution in [2.45, 2.75) is 25.9 Å². The minimum atomic E-state index is -0.554. The van der Waals surface area contributed by atoms with E-state index in [9.17, 15) is 14.4 Å². The third-order valence-electron chi connectivity index (χ3n) is 3.65. The number of hydrogen-bond acceptors (Lipinski definition) is 6. The summed E-state index contributed by atoms with van der Waals surface area (Å²) in [5, 5.41) is 7.26. The molecule has 1 unspecified atom stereocenters. The molecule has 1 atom stereocenters. The van der Waals surface area contributed by atoms with Crippen molar-refractivity contribution >= 4 is 29.1 Å². The summed E-state index contributed by atoms with van der Waals surface area (Å²) in [7, 11) is 1.58. The van der Waals surface area contributed by atoms with Crippen LogP contribution in [-0.4, -0.2) is 31.5 Å². The Morgan fingerprint density at radius 3 is 2.48 bits per heavy atom. The maximum atomic E-state index is 12.0. The minimum absolute atomic E-state index is 0.0359. The minimum Gasteiger partial charge on any atom is -0.497 e. The molecule has 0 aliphatic rings. The van der Waals surface area contributed by atoms with Crippen LogP contribution in [0.3, 0.4) is 0 Å². The highest BCUT2D eigenvalue weighted by atomic mass is 32.1. The molecule has 0 aliphatic carbocycles. The largest absolute Gasteiger partial charge is 0.497 e. The Kier molecular flexibility index (Phi) is 7.81. The molecule has 2 aromatic rings. The van der Waals surface area contributed by atoms with E-state index in [1.165, 1.54) is 18.3 Å². The Hall–Kier alpha value is -2.87. The van der Waals surface area contributed by atoms with E-state index in [4.69, 9.17) is 9.47 Å². The predicted molar refractivity (Wildman–Crippen MR) is 101 cm³/mol. The maximum Gasteiger partial charge on any atom is 0.308 e. The zero-order valence-electron chi connectivity index (χ0n) is 15.2. The smallest absolute Gasteiger partial charge is 0.308 e. The molecule has 0 fully saturated rings. The molecular weight excluding hydrogens is 368 g/mol. The first-order chi connectivity index (χ1) is 13.0. The Morgan fingerprint density at radius 2 is 1.89 bits per heavy atom. The summed E-state index contributed by atoms with van der Waals surface area (Å²) < 4.78 is 10.1. The summed E-state index contributed by atoms with van der Waals surface area (Å²) in [6.45, 7) is 1.34. The molecule has 1 aromatic carbocycles. The van der Waals surface area contributed by atoms with Crippen molar-refractivity contribution in [2.75, 3.05) is 13.7 Å². The molecule has 1 aromatic heterocycles. The Morgan fingerprint density at radius 1 is 1.15 bits per heavy atom. The fourth-order valence-electron chi connectivity index (χ4n) is 2.32. The van der Waals surface area contributed by atoms with E-state index < -0.39 is 17.9 Å². The molecular formula is C19H22N2O5S. The number of ether oxygens (including phenoxy) is 2. The van der Waals surface area contributed by atoms with Crippen LogP contribution in [0.4, 0.5) is 0 Å². The highest BCUT2D eigenvalue weighted by Gasteiger charge is 2.19. The van der Waals surface area contributed by atoms with Crippen LogP contribution in [0.5, 0.6) is 5.75 Å². The number of thiophene rings is 1. The summed E-state index contributed by atoms with van der Waals surface area (Å²) in [6, 6.07) is 10.5. The average molecular weight is 390 g/mol. The number of methoxy groups -OCH3 is 1. The second-order valence-electron chi connectivity index (χ2n) is 5.76. The first-order valence-electron chi connectivity index (χ1n) is 8.33. The molecule has 2 amide bonds. The first kappa shape index (κ1) is 20.4. The molecule has 27 heavy (non-hydrogen) atoms. The number of hydrogen-bond donors (Lipinski definition) is 2. The van der Waals surface area contributed by atoms with Crippen LogP contribution in [0, 0.1) is 0 Å². The van der Waals surface area contributed by atoms with Crippen LogP contribution in [-0.2, 0) is 25.7 Å². The lowest BCUT2D eigenvalue weighted by Gasteiger charge is -2.15. The third-order valence-corrected chi connectivity index (χ3v) is 4.63. The molecule has 0 saturated heterocycles. The van der Waals surface area contributed by atoms with Crippen LogP contribution in [0.1, 0.15) is 29.8 Å². The quantitative estimate of drug-likeness (QED) is 0.640. The molecule has 1 heterocycles. The van der Waals surface area contributed by atoms with E-state index in [-0.39, 0.29) is 18.9 Å². The molecule has 144 valence electrons. The van der Waals surface area contributed by atoms with Gasteiger partial charge in [0.2, 0.25) is 5.91 Å². The van der Waals surface area contributed by atoms with Crippen molar-refractivity contribution in [1.82, 2.24) is 10.6 Å². The summed E-state index contributed by atoms with van der Waals surface area (Å²) in [5.74, 6) is -0.454. The van der Waals surface area contributed by atoms with Crippen molar-refractivity contribution in [2.24, 2.45) is 0 Å². The number of carbonyl (C=O) groups is 3. The van der Waals surface area contributed by atoms with Gasteiger partial charge in [0.05, 0.1) is 19.6 Å². The summed E-state index contributed by atoms with van der Waals surface area (Å²) in [6.07, 6.45) is -0.0359. The van der Waals surface area contributed by atoms with Crippen molar-refractivity contribution in [3.8, 4) is 5.75 Å². The van der Waals surface area contributed by atoms with Crippen LogP contribution >= 0.6 is 11.3 Å². The number of esters is 1. The van der Waals surface area contributed by atoms with Gasteiger partial charge in [-0.3, -0.25) is 14.4 Å². The number of benzene rings is 1. The fraction of sp³-hybridized carbons (Fsp3) is 0.316. The Bertz CT molecular complexity index is 759. The highest BCUT2D eigenvalue weighted by Crippen LogP contribution is 2.22. The van der Waals surface area contributed by atoms with Crippen LogP contribution in [0.15, 0.2) is 41.8 Å². The molecule has 7 nitrogen and oxygen atoms in total. The van der Waals surface area contributed by atoms with E-state index in [0.29, 0.717) is 6.54 Å². The highest BCUT2D eigenvalue weighted by molar-refractivity contribution is 7.10. The second-order valence-corrected chi connectivity index (χ2v) is 6.74. The van der Waals surface area contributed by atoms with E-state index in [2.05, 4.69) is 10.6 Å². The first-order valence-corrected chi connectivity index (χ1v) is 9.21. The van der Waals surface area contributed by atoms with Gasteiger partial charge in [-0.2, -0.15) is 0 Å². The molecule has 0 saturated carbocycles. The van der Waals surface area contributed by atoms with Gasteiger partial charge >= 0.3 is 5.97 Å². The van der Waals surface area contributed by atoms with Gasteiger partial charge < -0.3 is 20.1 Å². The Balaban J connectivity index is 1.76. The third kappa shape index (κ3) is 7.10. The van der Waals surface area contributed by atoms with Crippen molar-refractivity contribution < 1.29 is 23.9 Å². The van der Waals surface area contributed by atoms with Gasteiger partial charge in [0.25, 0.3) is 5.91 Å². The van der Waals surface area contributed by atoms with E-state index in [1.54, 1.807) is 19.2 Å². The van der Waals surface area contributed by atoms with E-state index in [1.807, 2.05) is 29.6 Å². The monoisotopic (exact) mass is 390 g/mol. The molecule has 8 heteroatoms. The fourth-order valence-corrected chi connectivity index (χ4v) is 3.10. The van der Waals surface area contributed by atoms with Crippen molar-refractivity contribution in [3.63, 3.8) is 0 Å². The standard InChI is InChI=1S/C19H22N2O5S/c1-13(22)21-16(17-4-3-9-27-17)10-19(24)26-12-18(23)20-11-14-5-7-15(25-2)8-6-14/h3-9,16H,10-12H2,1-2H3,(H,20,23)(H,21,22). The zero-order valence-corrected chi connectivity index (χ0v) is 16.0. The number of carbonyl (C=O) groups excluding carboxylic acids is 3. The lowest BCUT2D eigenvalue weighted by molar-refractivity contribution is -0.149. The van der Waals surface area contributed by atoms with Crippen LogP contribution in [0.25, 0.3) is 0 Å². The molecule has 0 bridgehead atoms. The van der Waals surface area contributed by atoms with Gasteiger partial charge in [-0.1, -0.05) is 18.2 Å². The number of nitrogens with one attached hydrogen (secondary N) is 2. The van der Waals surface area contributed by atoms with Crippen LogP contribution in [0.2, 0.25) is 0 Å². The molecule has 2 rings (SSSR count). The lowest BCUT2D eigenvalue weighted by atomic mass is 10.1. The lowest BCUT2D eigenvalue weighted by Crippen LogP contribution is -2.31. The van der Waals surface area contributed by atoms with Gasteiger partial charge in [0, 0.05) is 18.3 Å². The Labute approximate surface area is 161 Å². The summed E-state index contributed by atoms with van der Waals surface area (Å²) >= 11 is 1.44. The van der Waals surface area contributed by atoms with Gasteiger partial charge in [0.15, 0.2) is 6.61 Å². The zero-order chi connectivity index (χ0) is 19.6. The van der Waals surface area contributed by atoms with E-state index in [0.717, 1.165) is 16.2 Å². The topological polar surface area (TPSA) is 93.7 Å². The van der Waals surface area contributed by atoms with Gasteiger partial charge in [-0.05, 0) is 29.1 Å². The summed E-state index contributed by atoms with van der Waals surface area (Å²) in [5.41, 5.74) is 0.902. The SMILES string of the molecule is COc1ccc(CNC(=O)COC(=O)CC(NC(C)=O)c2cccs2)cc1. The number of amides is 2. The van der Waals surface area contributed by atoms with Crippen molar-refractivity contribution in [3.05, 3.63) is 52.2 Å². The molecule has 0 radical (unpaired) electrons. The van der Waals surface area contributed by atoms with E-state index >= 15 is 0 Å². The summed E-state index contributed by atoms with van der Waals surface area (Å²) in [4.78, 5) is 36.1. The normalized spacial score (nSPS) is 11.3. The molecule has 2 N–H and O–H groups in total. The average Bonchev–Trinajstić information content (AvgIpc) is 3.19. The molecule has 0 aliphatic heterocycles. The van der Waals surface area contributed by atoms with Crippen molar-refractivity contribution in [1.29, 1.82) is 0 Å². The number of rotatable bonds is 9. The predicted octanol–water partition coefficient (Wildman–Crippen LogP) is 2.18.